The molecule has 1 aromatic carbocycles. The summed E-state index contributed by atoms with van der Waals surface area (Å²) in [5.74, 6) is 0.0960. The third kappa shape index (κ3) is 3.79. The zero-order valence-electron chi connectivity index (χ0n) is 13.0. The van der Waals surface area contributed by atoms with Crippen LogP contribution in [0, 0.1) is 13.8 Å². The molecule has 7 heteroatoms. The first kappa shape index (κ1) is 16.4. The summed E-state index contributed by atoms with van der Waals surface area (Å²) in [4.78, 5) is 23.6. The van der Waals surface area contributed by atoms with Crippen LogP contribution < -0.4 is 11.0 Å². The van der Waals surface area contributed by atoms with Gasteiger partial charge in [-0.25, -0.2) is 9.89 Å². The monoisotopic (exact) mass is 320 g/mol. The molecule has 2 rings (SSSR count). The van der Waals surface area contributed by atoms with Gasteiger partial charge in [-0.15, -0.1) is 5.10 Å². The molecular formula is C15H20N4O2S. The van der Waals surface area contributed by atoms with Gasteiger partial charge in [0.05, 0.1) is 5.75 Å². The second kappa shape index (κ2) is 7.31. The van der Waals surface area contributed by atoms with E-state index in [-0.39, 0.29) is 17.3 Å². The molecule has 0 spiro atoms. The number of nitrogens with one attached hydrogen (secondary N) is 2. The fraction of sp³-hybridized carbons (Fsp3) is 0.400. The number of hydrogen-bond donors (Lipinski definition) is 2. The summed E-state index contributed by atoms with van der Waals surface area (Å²) < 4.78 is 1.55. The van der Waals surface area contributed by atoms with Gasteiger partial charge >= 0.3 is 5.69 Å². The van der Waals surface area contributed by atoms with Gasteiger partial charge in [-0.1, -0.05) is 30.8 Å². The van der Waals surface area contributed by atoms with Crippen LogP contribution in [0.15, 0.2) is 28.2 Å². The Morgan fingerprint density at radius 1 is 1.41 bits per heavy atom. The van der Waals surface area contributed by atoms with Crippen molar-refractivity contribution in [2.75, 3.05) is 11.1 Å². The molecule has 2 N–H and O–H groups in total. The largest absolute Gasteiger partial charge is 0.343 e. The number of aryl methyl sites for hydroxylation is 1. The number of carbonyl (C=O) groups is 1. The van der Waals surface area contributed by atoms with Gasteiger partial charge in [0.2, 0.25) is 5.91 Å². The van der Waals surface area contributed by atoms with Gasteiger partial charge < -0.3 is 5.32 Å². The van der Waals surface area contributed by atoms with E-state index in [0.29, 0.717) is 11.7 Å². The van der Waals surface area contributed by atoms with Crippen LogP contribution in [0.5, 0.6) is 0 Å². The van der Waals surface area contributed by atoms with E-state index in [4.69, 9.17) is 0 Å². The molecule has 0 fully saturated rings. The number of anilines is 1. The molecule has 1 heterocycles. The highest BCUT2D eigenvalue weighted by Crippen LogP contribution is 2.19. The quantitative estimate of drug-likeness (QED) is 0.801. The standard InChI is InChI=1S/C15H20N4O2S/c1-4-8-19-14(21)17-18-15(19)22-9-13(20)16-12-7-5-6-10(2)11(12)3/h5-7H,4,8-9H2,1-3H3,(H,16,20)(H,17,21). The van der Waals surface area contributed by atoms with Crippen molar-refractivity contribution in [1.82, 2.24) is 14.8 Å². The summed E-state index contributed by atoms with van der Waals surface area (Å²) in [7, 11) is 0. The van der Waals surface area contributed by atoms with E-state index >= 15 is 0 Å². The summed E-state index contributed by atoms with van der Waals surface area (Å²) in [6.45, 7) is 6.56. The molecule has 6 nitrogen and oxygen atoms in total. The number of aromatic amines is 1. The van der Waals surface area contributed by atoms with Gasteiger partial charge in [-0.2, -0.15) is 0 Å². The molecule has 22 heavy (non-hydrogen) atoms. The lowest BCUT2D eigenvalue weighted by molar-refractivity contribution is -0.113. The second-order valence-electron chi connectivity index (χ2n) is 5.05. The van der Waals surface area contributed by atoms with Gasteiger partial charge in [0, 0.05) is 12.2 Å². The van der Waals surface area contributed by atoms with Gasteiger partial charge in [0.15, 0.2) is 5.16 Å². The number of H-pyrrole nitrogens is 1. The van der Waals surface area contributed by atoms with Crippen molar-refractivity contribution in [2.24, 2.45) is 0 Å². The first-order valence-electron chi connectivity index (χ1n) is 7.17. The molecule has 0 radical (unpaired) electrons. The summed E-state index contributed by atoms with van der Waals surface area (Å²) in [6, 6.07) is 5.80. The normalized spacial score (nSPS) is 10.7. The van der Waals surface area contributed by atoms with E-state index in [2.05, 4.69) is 15.5 Å². The van der Waals surface area contributed by atoms with Crippen LogP contribution in [0.1, 0.15) is 24.5 Å². The Morgan fingerprint density at radius 2 is 2.18 bits per heavy atom. The number of aromatic nitrogens is 3. The molecule has 2 aromatic rings. The van der Waals surface area contributed by atoms with Crippen LogP contribution in [0.2, 0.25) is 0 Å². The van der Waals surface area contributed by atoms with Crippen LogP contribution in [0.3, 0.4) is 0 Å². The van der Waals surface area contributed by atoms with Gasteiger partial charge in [0.1, 0.15) is 0 Å². The zero-order valence-corrected chi connectivity index (χ0v) is 13.8. The third-order valence-electron chi connectivity index (χ3n) is 3.38. The van der Waals surface area contributed by atoms with Crippen LogP contribution in [0.4, 0.5) is 5.69 Å². The number of thioether (sulfide) groups is 1. The predicted octanol–water partition coefficient (Wildman–Crippen LogP) is 2.33. The van der Waals surface area contributed by atoms with Crippen molar-refractivity contribution >= 4 is 23.4 Å². The molecule has 0 aliphatic heterocycles. The average molecular weight is 320 g/mol. The highest BCUT2D eigenvalue weighted by Gasteiger charge is 2.11. The predicted molar refractivity (Wildman–Crippen MR) is 88.4 cm³/mol. The van der Waals surface area contributed by atoms with E-state index in [1.807, 2.05) is 39.0 Å². The van der Waals surface area contributed by atoms with E-state index in [1.54, 1.807) is 4.57 Å². The summed E-state index contributed by atoms with van der Waals surface area (Å²) in [5.41, 5.74) is 2.77. The fourth-order valence-corrected chi connectivity index (χ4v) is 2.81. The van der Waals surface area contributed by atoms with Crippen LogP contribution >= 0.6 is 11.8 Å². The molecule has 0 saturated carbocycles. The smallest absolute Gasteiger partial charge is 0.325 e. The minimum atomic E-state index is -0.237. The van der Waals surface area contributed by atoms with Gasteiger partial charge in [-0.05, 0) is 37.5 Å². The van der Waals surface area contributed by atoms with E-state index in [9.17, 15) is 9.59 Å². The molecule has 0 atom stereocenters. The maximum Gasteiger partial charge on any atom is 0.343 e. The number of hydrogen-bond acceptors (Lipinski definition) is 4. The SMILES string of the molecule is CCCn1c(SCC(=O)Nc2cccc(C)c2C)n[nH]c1=O. The van der Waals surface area contributed by atoms with Crippen molar-refractivity contribution in [3.63, 3.8) is 0 Å². The van der Waals surface area contributed by atoms with E-state index in [0.717, 1.165) is 23.2 Å². The Balaban J connectivity index is 1.99. The van der Waals surface area contributed by atoms with Gasteiger partial charge in [-0.3, -0.25) is 9.36 Å². The molecule has 1 amide bonds. The highest BCUT2D eigenvalue weighted by molar-refractivity contribution is 7.99. The first-order chi connectivity index (χ1) is 10.5. The number of benzene rings is 1. The first-order valence-corrected chi connectivity index (χ1v) is 8.15. The maximum absolute atomic E-state index is 12.1. The maximum atomic E-state index is 12.1. The van der Waals surface area contributed by atoms with Crippen molar-refractivity contribution in [1.29, 1.82) is 0 Å². The molecule has 0 saturated heterocycles. The van der Waals surface area contributed by atoms with Crippen molar-refractivity contribution in [2.45, 2.75) is 38.9 Å². The Labute approximate surface area is 133 Å². The topological polar surface area (TPSA) is 79.8 Å². The van der Waals surface area contributed by atoms with Crippen LogP contribution in [-0.2, 0) is 11.3 Å². The molecule has 0 bridgehead atoms. The Hall–Kier alpha value is -2.02. The number of carbonyl (C=O) groups excluding carboxylic acids is 1. The Kier molecular flexibility index (Phi) is 5.43. The summed E-state index contributed by atoms with van der Waals surface area (Å²) in [6.07, 6.45) is 0.835. The lowest BCUT2D eigenvalue weighted by atomic mass is 10.1. The lowest BCUT2D eigenvalue weighted by Gasteiger charge is -2.10. The fourth-order valence-electron chi connectivity index (χ4n) is 2.04. The summed E-state index contributed by atoms with van der Waals surface area (Å²) >= 11 is 1.25. The molecular weight excluding hydrogens is 300 g/mol. The van der Waals surface area contributed by atoms with Crippen LogP contribution in [-0.4, -0.2) is 26.4 Å². The molecule has 0 unspecified atom stereocenters. The lowest BCUT2D eigenvalue weighted by Crippen LogP contribution is -2.19. The highest BCUT2D eigenvalue weighted by atomic mass is 32.2. The number of amides is 1. The Bertz CT molecular complexity index is 721. The van der Waals surface area contributed by atoms with Crippen LogP contribution in [0.25, 0.3) is 0 Å². The summed E-state index contributed by atoms with van der Waals surface area (Å²) in [5, 5.41) is 9.81. The zero-order chi connectivity index (χ0) is 16.1. The Morgan fingerprint density at radius 3 is 2.91 bits per heavy atom. The van der Waals surface area contributed by atoms with E-state index < -0.39 is 0 Å². The van der Waals surface area contributed by atoms with Crippen molar-refractivity contribution in [3.05, 3.63) is 39.8 Å². The number of rotatable bonds is 6. The minimum Gasteiger partial charge on any atom is -0.325 e. The average Bonchev–Trinajstić information content (AvgIpc) is 2.83. The van der Waals surface area contributed by atoms with E-state index in [1.165, 1.54) is 11.8 Å². The molecule has 1 aromatic heterocycles. The van der Waals surface area contributed by atoms with Crippen molar-refractivity contribution in [3.8, 4) is 0 Å². The molecule has 0 aliphatic rings. The van der Waals surface area contributed by atoms with Crippen molar-refractivity contribution < 1.29 is 4.79 Å². The molecule has 118 valence electrons. The number of nitrogens with zero attached hydrogens (tertiary/aromatic N) is 2. The van der Waals surface area contributed by atoms with Gasteiger partial charge in [0.25, 0.3) is 0 Å². The molecule has 0 aliphatic carbocycles. The third-order valence-corrected chi connectivity index (χ3v) is 4.36. The minimum absolute atomic E-state index is 0.114. The second-order valence-corrected chi connectivity index (χ2v) is 5.99.